The van der Waals surface area contributed by atoms with E-state index in [0.29, 0.717) is 13.1 Å². The van der Waals surface area contributed by atoms with Crippen LogP contribution in [0.25, 0.3) is 10.9 Å². The van der Waals surface area contributed by atoms with E-state index in [1.54, 1.807) is 0 Å². The number of hydrogen-bond donors (Lipinski definition) is 2. The Morgan fingerprint density at radius 2 is 1.62 bits per heavy atom. The summed E-state index contributed by atoms with van der Waals surface area (Å²) in [7, 11) is 0. The number of rotatable bonds is 7. The number of aryl methyl sites for hydroxylation is 1. The van der Waals surface area contributed by atoms with E-state index in [4.69, 9.17) is 0 Å². The molecule has 0 saturated carbocycles. The number of aliphatic carboxylic acids is 1. The van der Waals surface area contributed by atoms with Gasteiger partial charge in [-0.25, -0.2) is 0 Å². The number of benzene rings is 3. The highest BCUT2D eigenvalue weighted by Gasteiger charge is 2.24. The van der Waals surface area contributed by atoms with Crippen LogP contribution in [0.5, 0.6) is 0 Å². The molecule has 1 unspecified atom stereocenters. The number of carboxylic acid groups (broad SMARTS) is 1. The molecule has 3 aromatic carbocycles. The normalized spacial score (nSPS) is 12.2. The fourth-order valence-corrected chi connectivity index (χ4v) is 3.67. The fraction of sp³-hybridized carbons (Fsp3) is 0.160. The monoisotopic (exact) mass is 384 g/mol. The van der Waals surface area contributed by atoms with Crippen LogP contribution in [0.1, 0.15) is 28.3 Å². The molecule has 4 rings (SSSR count). The molecule has 4 aromatic rings. The maximum Gasteiger partial charge on any atom is 0.325 e. The van der Waals surface area contributed by atoms with E-state index in [2.05, 4.69) is 22.0 Å². The van der Waals surface area contributed by atoms with Crippen LogP contribution in [0, 0.1) is 6.92 Å². The standard InChI is InChI=1S/C25H24N2O2/c1-18-11-13-19(14-12-18)15-26-24(25(28)29)22-17-27(16-20-7-3-2-4-8-20)23-10-6-5-9-21(22)23/h2-14,17,24,26H,15-16H2,1H3,(H,28,29). The highest BCUT2D eigenvalue weighted by atomic mass is 16.4. The second-order valence-electron chi connectivity index (χ2n) is 7.35. The molecule has 0 aliphatic heterocycles. The molecule has 0 fully saturated rings. The molecule has 1 aromatic heterocycles. The van der Waals surface area contributed by atoms with E-state index < -0.39 is 12.0 Å². The Bertz CT molecular complexity index is 1110. The Morgan fingerprint density at radius 3 is 2.34 bits per heavy atom. The van der Waals surface area contributed by atoms with Crippen LogP contribution in [0.3, 0.4) is 0 Å². The van der Waals surface area contributed by atoms with Gasteiger partial charge in [0.1, 0.15) is 6.04 Å². The van der Waals surface area contributed by atoms with E-state index in [9.17, 15) is 9.90 Å². The van der Waals surface area contributed by atoms with Crippen molar-refractivity contribution in [2.24, 2.45) is 0 Å². The van der Waals surface area contributed by atoms with Crippen molar-refractivity contribution in [2.75, 3.05) is 0 Å². The van der Waals surface area contributed by atoms with Gasteiger partial charge in [-0.2, -0.15) is 0 Å². The molecule has 0 aliphatic rings. The van der Waals surface area contributed by atoms with E-state index in [1.807, 2.05) is 79.9 Å². The molecule has 146 valence electrons. The lowest BCUT2D eigenvalue weighted by Crippen LogP contribution is -2.28. The predicted octanol–water partition coefficient (Wildman–Crippen LogP) is 4.91. The van der Waals surface area contributed by atoms with Gasteiger partial charge in [-0.1, -0.05) is 78.4 Å². The van der Waals surface area contributed by atoms with Crippen LogP contribution in [-0.2, 0) is 17.9 Å². The number of nitrogens with one attached hydrogen (secondary N) is 1. The van der Waals surface area contributed by atoms with E-state index >= 15 is 0 Å². The Balaban J connectivity index is 1.66. The van der Waals surface area contributed by atoms with Crippen LogP contribution in [-0.4, -0.2) is 15.6 Å². The van der Waals surface area contributed by atoms with Gasteiger partial charge in [0.2, 0.25) is 0 Å². The second-order valence-corrected chi connectivity index (χ2v) is 7.35. The molecular formula is C25H24N2O2. The van der Waals surface area contributed by atoms with E-state index in [-0.39, 0.29) is 0 Å². The average Bonchev–Trinajstić information content (AvgIpc) is 3.08. The summed E-state index contributed by atoms with van der Waals surface area (Å²) in [6.45, 7) is 3.24. The van der Waals surface area contributed by atoms with Crippen molar-refractivity contribution in [3.05, 3.63) is 107 Å². The summed E-state index contributed by atoms with van der Waals surface area (Å²) in [5.74, 6) is -0.875. The fourth-order valence-electron chi connectivity index (χ4n) is 3.67. The van der Waals surface area contributed by atoms with Gasteiger partial charge in [-0.05, 0) is 24.1 Å². The van der Waals surface area contributed by atoms with Gasteiger partial charge in [-0.15, -0.1) is 0 Å². The van der Waals surface area contributed by atoms with Crippen molar-refractivity contribution in [3.8, 4) is 0 Å². The van der Waals surface area contributed by atoms with Crippen molar-refractivity contribution < 1.29 is 9.90 Å². The van der Waals surface area contributed by atoms with Gasteiger partial charge in [-0.3, -0.25) is 10.1 Å². The number of aromatic nitrogens is 1. The number of fused-ring (bicyclic) bond motifs is 1. The summed E-state index contributed by atoms with van der Waals surface area (Å²) in [6, 6.07) is 25.5. The Morgan fingerprint density at radius 1 is 0.931 bits per heavy atom. The number of carboxylic acids is 1. The lowest BCUT2D eigenvalue weighted by atomic mass is 10.1. The first-order valence-electron chi connectivity index (χ1n) is 9.75. The van der Waals surface area contributed by atoms with Gasteiger partial charge in [0.05, 0.1) is 0 Å². The van der Waals surface area contributed by atoms with Gasteiger partial charge >= 0.3 is 5.97 Å². The zero-order valence-corrected chi connectivity index (χ0v) is 16.4. The third-order valence-corrected chi connectivity index (χ3v) is 5.20. The minimum Gasteiger partial charge on any atom is -0.480 e. The lowest BCUT2D eigenvalue weighted by Gasteiger charge is -2.14. The molecule has 2 N–H and O–H groups in total. The van der Waals surface area contributed by atoms with Gasteiger partial charge in [0.25, 0.3) is 0 Å². The third kappa shape index (κ3) is 4.23. The summed E-state index contributed by atoms with van der Waals surface area (Å²) in [5, 5.41) is 14.1. The topological polar surface area (TPSA) is 54.3 Å². The van der Waals surface area contributed by atoms with Crippen molar-refractivity contribution in [3.63, 3.8) is 0 Å². The molecule has 29 heavy (non-hydrogen) atoms. The van der Waals surface area contributed by atoms with Gasteiger partial charge < -0.3 is 9.67 Å². The second kappa shape index (κ2) is 8.33. The van der Waals surface area contributed by atoms with Crippen molar-refractivity contribution >= 4 is 16.9 Å². The zero-order valence-electron chi connectivity index (χ0n) is 16.4. The molecule has 0 bridgehead atoms. The van der Waals surface area contributed by atoms with E-state index in [1.165, 1.54) is 11.1 Å². The lowest BCUT2D eigenvalue weighted by molar-refractivity contribution is -0.139. The highest BCUT2D eigenvalue weighted by molar-refractivity contribution is 5.89. The molecule has 0 radical (unpaired) electrons. The summed E-state index contributed by atoms with van der Waals surface area (Å²) < 4.78 is 2.13. The number of hydrogen-bond acceptors (Lipinski definition) is 2. The molecule has 1 heterocycles. The number of carbonyl (C=O) groups is 1. The van der Waals surface area contributed by atoms with Crippen molar-refractivity contribution in [1.29, 1.82) is 0 Å². The first-order valence-corrected chi connectivity index (χ1v) is 9.75. The predicted molar refractivity (Wildman–Crippen MR) is 116 cm³/mol. The molecule has 0 aliphatic carbocycles. The molecule has 0 saturated heterocycles. The molecule has 4 nitrogen and oxygen atoms in total. The van der Waals surface area contributed by atoms with Gasteiger partial charge in [0, 0.05) is 35.8 Å². The minimum absolute atomic E-state index is 0.495. The zero-order chi connectivity index (χ0) is 20.2. The maximum absolute atomic E-state index is 12.1. The Labute approximate surface area is 170 Å². The van der Waals surface area contributed by atoms with Crippen LogP contribution >= 0.6 is 0 Å². The average molecular weight is 384 g/mol. The molecule has 0 spiro atoms. The van der Waals surface area contributed by atoms with Gasteiger partial charge in [0.15, 0.2) is 0 Å². The SMILES string of the molecule is Cc1ccc(CNC(C(=O)O)c2cn(Cc3ccccc3)c3ccccc23)cc1. The number of nitrogens with zero attached hydrogens (tertiary/aromatic N) is 1. The summed E-state index contributed by atoms with van der Waals surface area (Å²) >= 11 is 0. The Hall–Kier alpha value is -3.37. The first-order chi connectivity index (χ1) is 14.1. The van der Waals surface area contributed by atoms with Crippen LogP contribution < -0.4 is 5.32 Å². The van der Waals surface area contributed by atoms with Crippen LogP contribution in [0.2, 0.25) is 0 Å². The Kier molecular flexibility index (Phi) is 5.45. The smallest absolute Gasteiger partial charge is 0.325 e. The van der Waals surface area contributed by atoms with Crippen molar-refractivity contribution in [1.82, 2.24) is 9.88 Å². The van der Waals surface area contributed by atoms with Crippen molar-refractivity contribution in [2.45, 2.75) is 26.1 Å². The first kappa shape index (κ1) is 19.0. The summed E-state index contributed by atoms with van der Waals surface area (Å²) in [5.41, 5.74) is 5.26. The minimum atomic E-state index is -0.875. The summed E-state index contributed by atoms with van der Waals surface area (Å²) in [4.78, 5) is 12.1. The van der Waals surface area contributed by atoms with Crippen LogP contribution in [0.4, 0.5) is 0 Å². The largest absolute Gasteiger partial charge is 0.480 e. The molecule has 4 heteroatoms. The van der Waals surface area contributed by atoms with Crippen LogP contribution in [0.15, 0.2) is 85.1 Å². The highest BCUT2D eigenvalue weighted by Crippen LogP contribution is 2.28. The molecule has 0 amide bonds. The number of para-hydroxylation sites is 1. The molecular weight excluding hydrogens is 360 g/mol. The molecule has 1 atom stereocenters. The van der Waals surface area contributed by atoms with E-state index in [0.717, 1.165) is 22.0 Å². The third-order valence-electron chi connectivity index (χ3n) is 5.20. The maximum atomic E-state index is 12.1. The quantitative estimate of drug-likeness (QED) is 0.476. The summed E-state index contributed by atoms with van der Waals surface area (Å²) in [6.07, 6.45) is 1.97.